The number of rotatable bonds is 3. The van der Waals surface area contributed by atoms with Crippen LogP contribution in [0, 0.1) is 11.8 Å². The van der Waals surface area contributed by atoms with E-state index in [0.29, 0.717) is 0 Å². The number of hydrogen-bond acceptors (Lipinski definition) is 2. The standard InChI is InChI=1S/C13H24N2O/c1-10-5-6-11(8-10)9-15-13(16)12-4-2-3-7-14-12/h10-12,14H,2-9H2,1H3,(H,15,16). The van der Waals surface area contributed by atoms with Crippen molar-refractivity contribution in [2.45, 2.75) is 51.5 Å². The lowest BCUT2D eigenvalue weighted by Gasteiger charge is -2.23. The first kappa shape index (κ1) is 11.9. The molecule has 2 aliphatic rings. The summed E-state index contributed by atoms with van der Waals surface area (Å²) in [4.78, 5) is 11.9. The molecule has 1 saturated heterocycles. The first-order valence-corrected chi connectivity index (χ1v) is 6.77. The molecule has 2 N–H and O–H groups in total. The van der Waals surface area contributed by atoms with Gasteiger partial charge >= 0.3 is 0 Å². The number of carbonyl (C=O) groups excluding carboxylic acids is 1. The zero-order valence-electron chi connectivity index (χ0n) is 10.3. The molecule has 0 aromatic heterocycles. The zero-order valence-corrected chi connectivity index (χ0v) is 10.3. The molecule has 1 heterocycles. The number of amides is 1. The first-order chi connectivity index (χ1) is 7.75. The van der Waals surface area contributed by atoms with Gasteiger partial charge in [-0.25, -0.2) is 0 Å². The maximum atomic E-state index is 11.9. The number of piperidine rings is 1. The van der Waals surface area contributed by atoms with Crippen LogP contribution >= 0.6 is 0 Å². The van der Waals surface area contributed by atoms with Gasteiger partial charge in [-0.05, 0) is 44.1 Å². The van der Waals surface area contributed by atoms with E-state index in [1.165, 1.54) is 32.1 Å². The van der Waals surface area contributed by atoms with Crippen molar-refractivity contribution >= 4 is 5.91 Å². The van der Waals surface area contributed by atoms with Crippen LogP contribution in [-0.2, 0) is 4.79 Å². The van der Waals surface area contributed by atoms with Crippen molar-refractivity contribution in [1.29, 1.82) is 0 Å². The molecule has 2 fully saturated rings. The van der Waals surface area contributed by atoms with Gasteiger partial charge in [-0.3, -0.25) is 4.79 Å². The van der Waals surface area contributed by atoms with E-state index < -0.39 is 0 Å². The fourth-order valence-corrected chi connectivity index (χ4v) is 2.95. The Labute approximate surface area is 98.4 Å². The van der Waals surface area contributed by atoms with Gasteiger partial charge in [0, 0.05) is 6.54 Å². The zero-order chi connectivity index (χ0) is 11.4. The SMILES string of the molecule is CC1CCC(CNC(=O)C2CCCCN2)C1. The van der Waals surface area contributed by atoms with Gasteiger partial charge in [0.25, 0.3) is 0 Å². The minimum absolute atomic E-state index is 0.0765. The largest absolute Gasteiger partial charge is 0.354 e. The summed E-state index contributed by atoms with van der Waals surface area (Å²) in [6.45, 7) is 4.20. The Hall–Kier alpha value is -0.570. The van der Waals surface area contributed by atoms with Gasteiger partial charge in [-0.15, -0.1) is 0 Å². The molecular weight excluding hydrogens is 200 g/mol. The van der Waals surface area contributed by atoms with Crippen LogP contribution in [0.25, 0.3) is 0 Å². The van der Waals surface area contributed by atoms with Gasteiger partial charge in [-0.1, -0.05) is 19.8 Å². The summed E-state index contributed by atoms with van der Waals surface area (Å²) in [5.41, 5.74) is 0. The number of hydrogen-bond donors (Lipinski definition) is 2. The lowest BCUT2D eigenvalue weighted by Crippen LogP contribution is -2.47. The second-order valence-corrected chi connectivity index (χ2v) is 5.53. The summed E-state index contributed by atoms with van der Waals surface area (Å²) in [5, 5.41) is 6.40. The van der Waals surface area contributed by atoms with Crippen LogP contribution in [0.2, 0.25) is 0 Å². The molecule has 3 heteroatoms. The monoisotopic (exact) mass is 224 g/mol. The van der Waals surface area contributed by atoms with Crippen molar-refractivity contribution in [2.75, 3.05) is 13.1 Å². The predicted octanol–water partition coefficient (Wildman–Crippen LogP) is 1.68. The molecule has 0 spiro atoms. The predicted molar refractivity (Wildman–Crippen MR) is 65.2 cm³/mol. The molecule has 0 bridgehead atoms. The van der Waals surface area contributed by atoms with Gasteiger partial charge in [-0.2, -0.15) is 0 Å². The highest BCUT2D eigenvalue weighted by Crippen LogP contribution is 2.29. The van der Waals surface area contributed by atoms with Crippen molar-refractivity contribution < 1.29 is 4.79 Å². The molecule has 0 aromatic rings. The van der Waals surface area contributed by atoms with Crippen molar-refractivity contribution in [3.63, 3.8) is 0 Å². The van der Waals surface area contributed by atoms with Gasteiger partial charge < -0.3 is 10.6 Å². The van der Waals surface area contributed by atoms with Crippen molar-refractivity contribution in [3.05, 3.63) is 0 Å². The van der Waals surface area contributed by atoms with E-state index in [1.807, 2.05) is 0 Å². The Bertz CT molecular complexity index is 236. The minimum Gasteiger partial charge on any atom is -0.354 e. The second-order valence-electron chi connectivity index (χ2n) is 5.53. The van der Waals surface area contributed by atoms with Gasteiger partial charge in [0.1, 0.15) is 0 Å². The summed E-state index contributed by atoms with van der Waals surface area (Å²) in [5.74, 6) is 1.80. The molecule has 0 aromatic carbocycles. The topological polar surface area (TPSA) is 41.1 Å². The molecule has 16 heavy (non-hydrogen) atoms. The van der Waals surface area contributed by atoms with E-state index in [2.05, 4.69) is 17.6 Å². The van der Waals surface area contributed by atoms with Crippen LogP contribution in [0.1, 0.15) is 45.4 Å². The Morgan fingerprint density at radius 2 is 2.19 bits per heavy atom. The summed E-state index contributed by atoms with van der Waals surface area (Å²) in [6, 6.07) is 0.0765. The molecule has 0 radical (unpaired) electrons. The molecule has 3 nitrogen and oxygen atoms in total. The minimum atomic E-state index is 0.0765. The normalized spacial score (nSPS) is 34.9. The van der Waals surface area contributed by atoms with E-state index in [0.717, 1.165) is 31.3 Å². The maximum Gasteiger partial charge on any atom is 0.237 e. The average molecular weight is 224 g/mol. The highest BCUT2D eigenvalue weighted by Gasteiger charge is 2.24. The smallest absolute Gasteiger partial charge is 0.237 e. The fourth-order valence-electron chi connectivity index (χ4n) is 2.95. The summed E-state index contributed by atoms with van der Waals surface area (Å²) < 4.78 is 0. The maximum absolute atomic E-state index is 11.9. The summed E-state index contributed by atoms with van der Waals surface area (Å²) in [7, 11) is 0. The van der Waals surface area contributed by atoms with Crippen LogP contribution in [0.3, 0.4) is 0 Å². The molecule has 3 unspecified atom stereocenters. The Kier molecular flexibility index (Phi) is 4.22. The molecule has 2 rings (SSSR count). The van der Waals surface area contributed by atoms with E-state index in [1.54, 1.807) is 0 Å². The first-order valence-electron chi connectivity index (χ1n) is 6.77. The molecular formula is C13H24N2O. The van der Waals surface area contributed by atoms with Gasteiger partial charge in [0.05, 0.1) is 6.04 Å². The lowest BCUT2D eigenvalue weighted by atomic mass is 10.0. The van der Waals surface area contributed by atoms with Crippen LogP contribution in [0.15, 0.2) is 0 Å². The van der Waals surface area contributed by atoms with E-state index in [4.69, 9.17) is 0 Å². The third-order valence-corrected chi connectivity index (χ3v) is 4.00. The van der Waals surface area contributed by atoms with Crippen LogP contribution in [-0.4, -0.2) is 25.0 Å². The Morgan fingerprint density at radius 3 is 2.81 bits per heavy atom. The summed E-state index contributed by atoms with van der Waals surface area (Å²) >= 11 is 0. The van der Waals surface area contributed by atoms with Crippen LogP contribution in [0.5, 0.6) is 0 Å². The number of carbonyl (C=O) groups is 1. The van der Waals surface area contributed by atoms with E-state index in [9.17, 15) is 4.79 Å². The van der Waals surface area contributed by atoms with Crippen LogP contribution in [0.4, 0.5) is 0 Å². The third-order valence-electron chi connectivity index (χ3n) is 4.00. The lowest BCUT2D eigenvalue weighted by molar-refractivity contribution is -0.123. The summed E-state index contributed by atoms with van der Waals surface area (Å²) in [6.07, 6.45) is 7.32. The number of nitrogens with one attached hydrogen (secondary N) is 2. The van der Waals surface area contributed by atoms with Crippen LogP contribution < -0.4 is 10.6 Å². The third kappa shape index (κ3) is 3.21. The van der Waals surface area contributed by atoms with E-state index >= 15 is 0 Å². The highest BCUT2D eigenvalue weighted by molar-refractivity contribution is 5.81. The average Bonchev–Trinajstić information content (AvgIpc) is 2.73. The van der Waals surface area contributed by atoms with Crippen molar-refractivity contribution in [1.82, 2.24) is 10.6 Å². The fraction of sp³-hybridized carbons (Fsp3) is 0.923. The van der Waals surface area contributed by atoms with E-state index in [-0.39, 0.29) is 11.9 Å². The van der Waals surface area contributed by atoms with Crippen molar-refractivity contribution in [3.8, 4) is 0 Å². The Balaban J connectivity index is 1.66. The molecule has 92 valence electrons. The van der Waals surface area contributed by atoms with Gasteiger partial charge in [0.15, 0.2) is 0 Å². The molecule has 1 amide bonds. The highest BCUT2D eigenvalue weighted by atomic mass is 16.2. The molecule has 1 aliphatic heterocycles. The Morgan fingerprint density at radius 1 is 1.31 bits per heavy atom. The molecule has 1 aliphatic carbocycles. The second kappa shape index (κ2) is 5.67. The quantitative estimate of drug-likeness (QED) is 0.766. The van der Waals surface area contributed by atoms with Crippen molar-refractivity contribution in [2.24, 2.45) is 11.8 Å². The molecule has 3 atom stereocenters. The van der Waals surface area contributed by atoms with Gasteiger partial charge in [0.2, 0.25) is 5.91 Å². The molecule has 1 saturated carbocycles.